The molecule has 1 aromatic carbocycles. The lowest BCUT2D eigenvalue weighted by Crippen LogP contribution is -1.99. The van der Waals surface area contributed by atoms with Crippen LogP contribution in [0.2, 0.25) is 0 Å². The van der Waals surface area contributed by atoms with Gasteiger partial charge in [0, 0.05) is 12.5 Å². The Labute approximate surface area is 129 Å². The third-order valence-corrected chi connectivity index (χ3v) is 3.39. The maximum atomic E-state index is 10.5. The number of halogens is 2. The number of hydrogen-bond acceptors (Lipinski definition) is 2. The lowest BCUT2D eigenvalue weighted by molar-refractivity contribution is -0.131. The molecule has 19 heavy (non-hydrogen) atoms. The standard InChI is InChI=1S/C14H14Br2O3/c1-9(2)5-6-19-14-11(15)7-10(8-12(14)16)3-4-13(17)18/h3-4,7-8H,1,5-6H2,2H3,(H,17,18)/b4-3+. The van der Waals surface area contributed by atoms with Crippen molar-refractivity contribution in [1.82, 2.24) is 0 Å². The number of ether oxygens (including phenoxy) is 1. The van der Waals surface area contributed by atoms with Crippen LogP contribution in [0.3, 0.4) is 0 Å². The van der Waals surface area contributed by atoms with Gasteiger partial charge in [-0.15, -0.1) is 6.58 Å². The van der Waals surface area contributed by atoms with Gasteiger partial charge in [0.15, 0.2) is 0 Å². The second-order valence-electron chi connectivity index (χ2n) is 4.04. The SMILES string of the molecule is C=C(C)CCOc1c(Br)cc(/C=C/C(=O)O)cc1Br. The predicted molar refractivity (Wildman–Crippen MR) is 83.4 cm³/mol. The fraction of sp³-hybridized carbons (Fsp3) is 0.214. The monoisotopic (exact) mass is 388 g/mol. The van der Waals surface area contributed by atoms with E-state index in [1.165, 1.54) is 6.08 Å². The van der Waals surface area contributed by atoms with E-state index in [9.17, 15) is 4.79 Å². The summed E-state index contributed by atoms with van der Waals surface area (Å²) >= 11 is 6.83. The van der Waals surface area contributed by atoms with Crippen molar-refractivity contribution in [2.75, 3.05) is 6.61 Å². The van der Waals surface area contributed by atoms with Gasteiger partial charge in [0.05, 0.1) is 15.6 Å². The van der Waals surface area contributed by atoms with Crippen LogP contribution in [0.5, 0.6) is 5.75 Å². The summed E-state index contributed by atoms with van der Waals surface area (Å²) in [6, 6.07) is 3.61. The van der Waals surface area contributed by atoms with Gasteiger partial charge in [0.25, 0.3) is 0 Å². The van der Waals surface area contributed by atoms with Crippen LogP contribution in [0.25, 0.3) is 6.08 Å². The molecule has 0 aliphatic heterocycles. The first kappa shape index (κ1) is 16.0. The van der Waals surface area contributed by atoms with Crippen molar-refractivity contribution in [2.24, 2.45) is 0 Å². The van der Waals surface area contributed by atoms with Crippen LogP contribution in [-0.2, 0) is 4.79 Å². The van der Waals surface area contributed by atoms with E-state index < -0.39 is 5.97 Å². The molecule has 1 aromatic rings. The third kappa shape index (κ3) is 5.61. The molecule has 0 aliphatic rings. The van der Waals surface area contributed by atoms with Gasteiger partial charge in [-0.05, 0) is 62.6 Å². The summed E-state index contributed by atoms with van der Waals surface area (Å²) in [7, 11) is 0. The zero-order valence-electron chi connectivity index (χ0n) is 10.5. The Morgan fingerprint density at radius 1 is 1.42 bits per heavy atom. The van der Waals surface area contributed by atoms with Gasteiger partial charge in [-0.25, -0.2) is 4.79 Å². The number of aliphatic carboxylic acids is 1. The van der Waals surface area contributed by atoms with E-state index in [1.54, 1.807) is 12.1 Å². The summed E-state index contributed by atoms with van der Waals surface area (Å²) in [5.41, 5.74) is 1.83. The molecular formula is C14H14Br2O3. The lowest BCUT2D eigenvalue weighted by Gasteiger charge is -2.11. The Kier molecular flexibility index (Phi) is 6.31. The van der Waals surface area contributed by atoms with Gasteiger partial charge >= 0.3 is 5.97 Å². The number of hydrogen-bond donors (Lipinski definition) is 1. The quantitative estimate of drug-likeness (QED) is 0.568. The number of carboxylic acids is 1. The molecule has 0 aliphatic carbocycles. The summed E-state index contributed by atoms with van der Waals surface area (Å²) < 4.78 is 7.21. The highest BCUT2D eigenvalue weighted by molar-refractivity contribution is 9.11. The van der Waals surface area contributed by atoms with Crippen molar-refractivity contribution in [3.05, 3.63) is 44.9 Å². The van der Waals surface area contributed by atoms with E-state index in [0.29, 0.717) is 12.4 Å². The lowest BCUT2D eigenvalue weighted by atomic mass is 10.2. The normalized spacial score (nSPS) is 10.7. The molecule has 0 atom stereocenters. The molecule has 0 aromatic heterocycles. The molecule has 0 saturated heterocycles. The van der Waals surface area contributed by atoms with Gasteiger partial charge in [0.1, 0.15) is 5.75 Å². The van der Waals surface area contributed by atoms with Crippen LogP contribution in [0.15, 0.2) is 39.3 Å². The summed E-state index contributed by atoms with van der Waals surface area (Å²) in [4.78, 5) is 10.5. The number of benzene rings is 1. The second-order valence-corrected chi connectivity index (χ2v) is 5.75. The molecule has 1 rings (SSSR count). The van der Waals surface area contributed by atoms with Gasteiger partial charge < -0.3 is 9.84 Å². The first-order chi connectivity index (χ1) is 8.90. The van der Waals surface area contributed by atoms with Gasteiger partial charge in [0.2, 0.25) is 0 Å². The minimum atomic E-state index is -0.978. The zero-order chi connectivity index (χ0) is 14.4. The molecule has 0 unspecified atom stereocenters. The average Bonchev–Trinajstić information content (AvgIpc) is 2.29. The minimum absolute atomic E-state index is 0.552. The summed E-state index contributed by atoms with van der Waals surface area (Å²) in [5, 5.41) is 8.59. The van der Waals surface area contributed by atoms with Gasteiger partial charge in [-0.2, -0.15) is 0 Å². The highest BCUT2D eigenvalue weighted by atomic mass is 79.9. The van der Waals surface area contributed by atoms with E-state index >= 15 is 0 Å². The van der Waals surface area contributed by atoms with Crippen molar-refractivity contribution in [1.29, 1.82) is 0 Å². The average molecular weight is 390 g/mol. The highest BCUT2D eigenvalue weighted by Gasteiger charge is 2.08. The Bertz CT molecular complexity index is 498. The van der Waals surface area contributed by atoms with Crippen molar-refractivity contribution < 1.29 is 14.6 Å². The molecular weight excluding hydrogens is 376 g/mol. The molecule has 0 fully saturated rings. The zero-order valence-corrected chi connectivity index (χ0v) is 13.6. The summed E-state index contributed by atoms with van der Waals surface area (Å²) in [6.07, 6.45) is 3.41. The molecule has 0 bridgehead atoms. The number of carboxylic acid groups (broad SMARTS) is 1. The van der Waals surface area contributed by atoms with Crippen molar-refractivity contribution in [3.63, 3.8) is 0 Å². The van der Waals surface area contributed by atoms with E-state index in [2.05, 4.69) is 38.4 Å². The Morgan fingerprint density at radius 3 is 2.47 bits per heavy atom. The third-order valence-electron chi connectivity index (χ3n) is 2.21. The Balaban J connectivity index is 2.85. The molecule has 0 spiro atoms. The van der Waals surface area contributed by atoms with E-state index in [1.807, 2.05) is 6.92 Å². The largest absolute Gasteiger partial charge is 0.491 e. The van der Waals surface area contributed by atoms with Crippen molar-refractivity contribution in [3.8, 4) is 5.75 Å². The maximum Gasteiger partial charge on any atom is 0.328 e. The topological polar surface area (TPSA) is 46.5 Å². The van der Waals surface area contributed by atoms with Crippen LogP contribution in [0, 0.1) is 0 Å². The first-order valence-electron chi connectivity index (χ1n) is 5.57. The Hall–Kier alpha value is -1.07. The predicted octanol–water partition coefficient (Wildman–Crippen LogP) is 4.65. The molecule has 0 heterocycles. The first-order valence-corrected chi connectivity index (χ1v) is 7.16. The molecule has 0 saturated carbocycles. The molecule has 1 N–H and O–H groups in total. The van der Waals surface area contributed by atoms with Crippen LogP contribution < -0.4 is 4.74 Å². The molecule has 0 radical (unpaired) electrons. The van der Waals surface area contributed by atoms with Crippen LogP contribution in [0.1, 0.15) is 18.9 Å². The molecule has 102 valence electrons. The minimum Gasteiger partial charge on any atom is -0.491 e. The molecule has 0 amide bonds. The van der Waals surface area contributed by atoms with Crippen LogP contribution >= 0.6 is 31.9 Å². The van der Waals surface area contributed by atoms with E-state index in [-0.39, 0.29) is 0 Å². The van der Waals surface area contributed by atoms with Crippen LogP contribution in [0.4, 0.5) is 0 Å². The summed E-state index contributed by atoms with van der Waals surface area (Å²) in [5.74, 6) is -0.275. The van der Waals surface area contributed by atoms with Crippen molar-refractivity contribution >= 4 is 43.9 Å². The molecule has 5 heteroatoms. The van der Waals surface area contributed by atoms with Gasteiger partial charge in [-0.3, -0.25) is 0 Å². The van der Waals surface area contributed by atoms with Crippen LogP contribution in [-0.4, -0.2) is 17.7 Å². The highest BCUT2D eigenvalue weighted by Crippen LogP contribution is 2.35. The fourth-order valence-electron chi connectivity index (χ4n) is 1.31. The van der Waals surface area contributed by atoms with Crippen molar-refractivity contribution in [2.45, 2.75) is 13.3 Å². The van der Waals surface area contributed by atoms with E-state index in [4.69, 9.17) is 9.84 Å². The van der Waals surface area contributed by atoms with E-state index in [0.717, 1.165) is 32.6 Å². The maximum absolute atomic E-state index is 10.5. The van der Waals surface area contributed by atoms with Gasteiger partial charge in [-0.1, -0.05) is 5.57 Å². The smallest absolute Gasteiger partial charge is 0.328 e. The Morgan fingerprint density at radius 2 is 2.00 bits per heavy atom. The second kappa shape index (κ2) is 7.50. The number of rotatable bonds is 6. The molecule has 3 nitrogen and oxygen atoms in total. The fourth-order valence-corrected chi connectivity index (χ4v) is 2.76. The number of carbonyl (C=O) groups is 1. The summed E-state index contributed by atoms with van der Waals surface area (Å²) in [6.45, 7) is 6.32.